The highest BCUT2D eigenvalue weighted by Gasteiger charge is 2.26. The zero-order valence-electron chi connectivity index (χ0n) is 18.4. The summed E-state index contributed by atoms with van der Waals surface area (Å²) >= 11 is 0. The molecule has 0 heterocycles. The number of hydrogen-bond donors (Lipinski definition) is 0. The van der Waals surface area contributed by atoms with Crippen LogP contribution in [0.25, 0.3) is 6.08 Å². The largest absolute Gasteiger partial charge is 0.493 e. The highest BCUT2D eigenvalue weighted by Crippen LogP contribution is 2.21. The second-order valence-corrected chi connectivity index (χ2v) is 7.26. The molecule has 0 aromatic heterocycles. The molecule has 0 N–H and O–H groups in total. The number of rotatable bonds is 12. The van der Waals surface area contributed by atoms with E-state index in [-0.39, 0.29) is 11.3 Å². The number of alkyl halides is 3. The van der Waals surface area contributed by atoms with E-state index in [0.29, 0.717) is 12.4 Å². The summed E-state index contributed by atoms with van der Waals surface area (Å²) in [5.74, 6) is -0.493. The van der Waals surface area contributed by atoms with Crippen LogP contribution < -0.4 is 9.47 Å². The highest BCUT2D eigenvalue weighted by atomic mass is 19.4. The molecule has 0 aliphatic rings. The van der Waals surface area contributed by atoms with Crippen molar-refractivity contribution in [3.05, 3.63) is 65.7 Å². The first-order valence-corrected chi connectivity index (χ1v) is 10.7. The van der Waals surface area contributed by atoms with Crippen LogP contribution in [0.15, 0.2) is 54.6 Å². The predicted octanol–water partition coefficient (Wildman–Crippen LogP) is 6.37. The molecule has 0 spiro atoms. The quantitative estimate of drug-likeness (QED) is 0.158. The van der Waals surface area contributed by atoms with E-state index in [2.05, 4.69) is 6.92 Å². The zero-order valence-corrected chi connectivity index (χ0v) is 18.4. The smallest absolute Gasteiger partial charge is 0.392 e. The van der Waals surface area contributed by atoms with E-state index in [4.69, 9.17) is 14.2 Å². The number of benzene rings is 2. The van der Waals surface area contributed by atoms with Crippen LogP contribution in [0.3, 0.4) is 0 Å². The molecular formula is C25H27F3O5. The number of esters is 2. The summed E-state index contributed by atoms with van der Waals surface area (Å²) in [6, 6.07) is 12.2. The lowest BCUT2D eigenvalue weighted by Crippen LogP contribution is -2.13. The molecule has 0 saturated carbocycles. The lowest BCUT2D eigenvalue weighted by atomic mass is 10.2. The van der Waals surface area contributed by atoms with Crippen molar-refractivity contribution in [3.8, 4) is 11.5 Å². The van der Waals surface area contributed by atoms with Crippen molar-refractivity contribution >= 4 is 18.0 Å². The predicted molar refractivity (Wildman–Crippen MR) is 118 cm³/mol. The molecule has 0 radical (unpaired) electrons. The van der Waals surface area contributed by atoms with Crippen LogP contribution in [-0.4, -0.2) is 31.3 Å². The minimum absolute atomic E-state index is 0.226. The summed E-state index contributed by atoms with van der Waals surface area (Å²) in [4.78, 5) is 24.0. The fourth-order valence-electron chi connectivity index (χ4n) is 2.70. The third kappa shape index (κ3) is 10.7. The van der Waals surface area contributed by atoms with Gasteiger partial charge in [0.05, 0.1) is 25.2 Å². The molecule has 8 heteroatoms. The Labute approximate surface area is 191 Å². The molecule has 5 nitrogen and oxygen atoms in total. The van der Waals surface area contributed by atoms with Crippen molar-refractivity contribution < 1.29 is 37.0 Å². The minimum Gasteiger partial charge on any atom is -0.493 e. The molecule has 0 atom stereocenters. The fraction of sp³-hybridized carbons (Fsp3) is 0.360. The van der Waals surface area contributed by atoms with Crippen molar-refractivity contribution in [2.75, 3.05) is 13.2 Å². The molecule has 0 aliphatic heterocycles. The number of carbonyl (C=O) groups is 2. The van der Waals surface area contributed by atoms with Crippen molar-refractivity contribution in [3.63, 3.8) is 0 Å². The van der Waals surface area contributed by atoms with E-state index < -0.39 is 31.1 Å². The van der Waals surface area contributed by atoms with Gasteiger partial charge >= 0.3 is 18.1 Å². The molecule has 33 heavy (non-hydrogen) atoms. The van der Waals surface area contributed by atoms with Gasteiger partial charge in [0.1, 0.15) is 11.5 Å². The van der Waals surface area contributed by atoms with E-state index in [0.717, 1.165) is 31.2 Å². The Morgan fingerprint density at radius 3 is 2.18 bits per heavy atom. The number of unbranched alkanes of at least 4 members (excludes halogenated alkanes) is 3. The topological polar surface area (TPSA) is 61.8 Å². The van der Waals surface area contributed by atoms with Gasteiger partial charge in [-0.25, -0.2) is 9.59 Å². The van der Waals surface area contributed by atoms with E-state index in [1.165, 1.54) is 30.3 Å². The Hall–Kier alpha value is -3.29. The summed E-state index contributed by atoms with van der Waals surface area (Å²) in [5, 5.41) is 0. The number of ether oxygens (including phenoxy) is 3. The van der Waals surface area contributed by atoms with E-state index >= 15 is 0 Å². The Bertz CT molecular complexity index is 903. The first-order valence-electron chi connectivity index (χ1n) is 10.7. The summed E-state index contributed by atoms with van der Waals surface area (Å²) in [6.07, 6.45) is 1.74. The average Bonchev–Trinajstić information content (AvgIpc) is 2.78. The van der Waals surface area contributed by atoms with Crippen LogP contribution in [0.5, 0.6) is 11.5 Å². The van der Waals surface area contributed by atoms with Gasteiger partial charge in [-0.3, -0.25) is 0 Å². The molecule has 0 unspecified atom stereocenters. The monoisotopic (exact) mass is 464 g/mol. The Morgan fingerprint density at radius 1 is 0.879 bits per heavy atom. The summed E-state index contributed by atoms with van der Waals surface area (Å²) in [6.45, 7) is 2.02. The van der Waals surface area contributed by atoms with Crippen LogP contribution in [0.1, 0.15) is 54.9 Å². The molecule has 2 rings (SSSR count). The zero-order chi connectivity index (χ0) is 24.1. The Balaban J connectivity index is 1.79. The summed E-state index contributed by atoms with van der Waals surface area (Å²) in [5.41, 5.74) is 0.960. The maximum absolute atomic E-state index is 12.3. The molecule has 0 fully saturated rings. The second-order valence-electron chi connectivity index (χ2n) is 7.26. The molecular weight excluding hydrogens is 437 g/mol. The van der Waals surface area contributed by atoms with Crippen LogP contribution in [0.4, 0.5) is 13.2 Å². The van der Waals surface area contributed by atoms with Crippen molar-refractivity contribution in [2.24, 2.45) is 0 Å². The first kappa shape index (κ1) is 26.0. The Kier molecular flexibility index (Phi) is 10.5. The first-order chi connectivity index (χ1) is 15.8. The number of halogens is 3. The third-order valence-corrected chi connectivity index (χ3v) is 4.49. The van der Waals surface area contributed by atoms with Crippen LogP contribution in [-0.2, 0) is 9.53 Å². The molecule has 0 aliphatic carbocycles. The number of hydrogen-bond acceptors (Lipinski definition) is 5. The van der Waals surface area contributed by atoms with Crippen molar-refractivity contribution in [1.29, 1.82) is 0 Å². The second kappa shape index (κ2) is 13.3. The third-order valence-electron chi connectivity index (χ3n) is 4.49. The average molecular weight is 464 g/mol. The standard InChI is InChI=1S/C25H27F3O5/c1-2-3-4-5-17-32-23(29)15-8-19-6-11-22(12-7-19)33-24(30)20-9-13-21(14-10-20)31-18-16-25(26,27)28/h6-15H,2-5,16-18H2,1H3/b15-8+. The van der Waals surface area contributed by atoms with E-state index in [9.17, 15) is 22.8 Å². The molecule has 0 amide bonds. The van der Waals surface area contributed by atoms with Crippen LogP contribution >= 0.6 is 0 Å². The Morgan fingerprint density at radius 2 is 1.55 bits per heavy atom. The lowest BCUT2D eigenvalue weighted by molar-refractivity contribution is -0.140. The maximum atomic E-state index is 12.3. The minimum atomic E-state index is -4.29. The molecule has 178 valence electrons. The molecule has 0 saturated heterocycles. The molecule has 2 aromatic carbocycles. The molecule has 0 bridgehead atoms. The van der Waals surface area contributed by atoms with Crippen molar-refractivity contribution in [2.45, 2.75) is 45.2 Å². The van der Waals surface area contributed by atoms with E-state index in [1.54, 1.807) is 30.3 Å². The molecule has 2 aromatic rings. The van der Waals surface area contributed by atoms with Crippen LogP contribution in [0.2, 0.25) is 0 Å². The SMILES string of the molecule is CCCCCCOC(=O)/C=C/c1ccc(OC(=O)c2ccc(OCCC(F)(F)F)cc2)cc1. The van der Waals surface area contributed by atoms with Gasteiger partial charge in [-0.05, 0) is 54.5 Å². The maximum Gasteiger partial charge on any atom is 0.392 e. The van der Waals surface area contributed by atoms with Gasteiger partial charge in [-0.1, -0.05) is 38.3 Å². The highest BCUT2D eigenvalue weighted by molar-refractivity contribution is 5.91. The lowest BCUT2D eigenvalue weighted by Gasteiger charge is -2.09. The van der Waals surface area contributed by atoms with Gasteiger partial charge in [-0.15, -0.1) is 0 Å². The van der Waals surface area contributed by atoms with Gasteiger partial charge in [0.15, 0.2) is 0 Å². The summed E-state index contributed by atoms with van der Waals surface area (Å²) in [7, 11) is 0. The van der Waals surface area contributed by atoms with Crippen LogP contribution in [0, 0.1) is 0 Å². The van der Waals surface area contributed by atoms with Crippen molar-refractivity contribution in [1.82, 2.24) is 0 Å². The van der Waals surface area contributed by atoms with Gasteiger partial charge in [0, 0.05) is 6.08 Å². The van der Waals surface area contributed by atoms with Gasteiger partial charge < -0.3 is 14.2 Å². The van der Waals surface area contributed by atoms with Gasteiger partial charge in [0.2, 0.25) is 0 Å². The fourth-order valence-corrected chi connectivity index (χ4v) is 2.70. The normalized spacial score (nSPS) is 11.4. The van der Waals surface area contributed by atoms with Gasteiger partial charge in [-0.2, -0.15) is 13.2 Å². The number of carbonyl (C=O) groups excluding carboxylic acids is 2. The summed E-state index contributed by atoms with van der Waals surface area (Å²) < 4.78 is 51.9. The van der Waals surface area contributed by atoms with Gasteiger partial charge in [0.25, 0.3) is 0 Å². The van der Waals surface area contributed by atoms with E-state index in [1.807, 2.05) is 0 Å².